The van der Waals surface area contributed by atoms with Crippen LogP contribution in [0.2, 0.25) is 0 Å². The molecule has 0 heterocycles. The van der Waals surface area contributed by atoms with Gasteiger partial charge in [0, 0.05) is 17.8 Å². The summed E-state index contributed by atoms with van der Waals surface area (Å²) in [6, 6.07) is 6.65. The lowest BCUT2D eigenvalue weighted by Gasteiger charge is -2.17. The van der Waals surface area contributed by atoms with Crippen molar-refractivity contribution in [2.75, 3.05) is 12.4 Å². The third kappa shape index (κ3) is 3.46. The summed E-state index contributed by atoms with van der Waals surface area (Å²) in [6.45, 7) is 6.53. The number of hydrogen-bond acceptors (Lipinski definition) is 2. The first-order chi connectivity index (χ1) is 7.17. The Bertz CT molecular complexity index is 309. The molecule has 0 bridgehead atoms. The fourth-order valence-electron chi connectivity index (χ4n) is 1.65. The highest BCUT2D eigenvalue weighted by atomic mass is 16.5. The van der Waals surface area contributed by atoms with Gasteiger partial charge in [-0.15, -0.1) is 0 Å². The van der Waals surface area contributed by atoms with Crippen molar-refractivity contribution in [3.8, 4) is 5.75 Å². The van der Waals surface area contributed by atoms with Gasteiger partial charge < -0.3 is 10.1 Å². The maximum atomic E-state index is 5.21. The molecule has 0 radical (unpaired) electrons. The van der Waals surface area contributed by atoms with E-state index in [1.165, 1.54) is 24.1 Å². The van der Waals surface area contributed by atoms with Gasteiger partial charge in [0.05, 0.1) is 7.11 Å². The van der Waals surface area contributed by atoms with E-state index in [1.807, 2.05) is 6.07 Å². The second kappa shape index (κ2) is 5.64. The van der Waals surface area contributed by atoms with E-state index >= 15 is 0 Å². The van der Waals surface area contributed by atoms with Crippen molar-refractivity contribution >= 4 is 5.69 Å². The highest BCUT2D eigenvalue weighted by Crippen LogP contribution is 2.22. The molecule has 84 valence electrons. The van der Waals surface area contributed by atoms with Crippen LogP contribution >= 0.6 is 0 Å². The fourth-order valence-corrected chi connectivity index (χ4v) is 1.65. The third-order valence-electron chi connectivity index (χ3n) is 2.57. The molecule has 0 aliphatic carbocycles. The van der Waals surface area contributed by atoms with E-state index in [1.54, 1.807) is 7.11 Å². The van der Waals surface area contributed by atoms with Crippen molar-refractivity contribution in [1.29, 1.82) is 0 Å². The number of nitrogens with one attached hydrogen (secondary N) is 1. The second-order valence-corrected chi connectivity index (χ2v) is 4.01. The summed E-state index contributed by atoms with van der Waals surface area (Å²) < 4.78 is 5.21. The third-order valence-corrected chi connectivity index (χ3v) is 2.57. The van der Waals surface area contributed by atoms with E-state index < -0.39 is 0 Å². The van der Waals surface area contributed by atoms with Gasteiger partial charge in [0.1, 0.15) is 5.75 Å². The lowest BCUT2D eigenvalue weighted by Crippen LogP contribution is -2.15. The number of methoxy groups -OCH3 is 1. The number of hydrogen-bond donors (Lipinski definition) is 1. The van der Waals surface area contributed by atoms with E-state index in [0.717, 1.165) is 5.75 Å². The molecule has 1 atom stereocenters. The summed E-state index contributed by atoms with van der Waals surface area (Å²) in [5.41, 5.74) is 2.44. The first kappa shape index (κ1) is 11.9. The molecule has 1 N–H and O–H groups in total. The van der Waals surface area contributed by atoms with E-state index in [4.69, 9.17) is 4.74 Å². The molecule has 1 aromatic rings. The minimum absolute atomic E-state index is 0.515. The Morgan fingerprint density at radius 3 is 2.73 bits per heavy atom. The van der Waals surface area contributed by atoms with Crippen LogP contribution in [0.5, 0.6) is 5.75 Å². The molecular formula is C13H21NO. The van der Waals surface area contributed by atoms with Crippen LogP contribution < -0.4 is 10.1 Å². The van der Waals surface area contributed by atoms with E-state index in [2.05, 4.69) is 38.2 Å². The van der Waals surface area contributed by atoms with Gasteiger partial charge in [-0.05, 0) is 31.9 Å². The molecule has 0 aromatic heterocycles. The standard InChI is InChI=1S/C13H21NO/c1-5-6-11(3)14-13-9-12(15-4)8-7-10(13)2/h7-9,11,14H,5-6H2,1-4H3. The zero-order valence-corrected chi connectivity index (χ0v) is 10.1. The van der Waals surface area contributed by atoms with Gasteiger partial charge in [-0.2, -0.15) is 0 Å². The Hall–Kier alpha value is -1.18. The number of aryl methyl sites for hydroxylation is 1. The summed E-state index contributed by atoms with van der Waals surface area (Å²) in [5.74, 6) is 0.909. The van der Waals surface area contributed by atoms with E-state index in [9.17, 15) is 0 Å². The molecular weight excluding hydrogens is 186 g/mol. The van der Waals surface area contributed by atoms with Crippen LogP contribution in [0.15, 0.2) is 18.2 Å². The average molecular weight is 207 g/mol. The number of ether oxygens (including phenoxy) is 1. The molecule has 2 nitrogen and oxygen atoms in total. The van der Waals surface area contributed by atoms with Crippen LogP contribution in [0, 0.1) is 6.92 Å². The topological polar surface area (TPSA) is 21.3 Å². The molecule has 15 heavy (non-hydrogen) atoms. The van der Waals surface area contributed by atoms with Gasteiger partial charge in [0.25, 0.3) is 0 Å². The lowest BCUT2D eigenvalue weighted by molar-refractivity contribution is 0.415. The molecule has 1 rings (SSSR count). The summed E-state index contributed by atoms with van der Waals surface area (Å²) >= 11 is 0. The van der Waals surface area contributed by atoms with Crippen LogP contribution in [-0.4, -0.2) is 13.2 Å². The zero-order valence-electron chi connectivity index (χ0n) is 10.1. The quantitative estimate of drug-likeness (QED) is 0.796. The van der Waals surface area contributed by atoms with Crippen LogP contribution in [-0.2, 0) is 0 Å². The van der Waals surface area contributed by atoms with Gasteiger partial charge in [-0.1, -0.05) is 19.4 Å². The lowest BCUT2D eigenvalue weighted by atomic mass is 10.1. The molecule has 1 aromatic carbocycles. The summed E-state index contributed by atoms with van der Waals surface area (Å²) in [6.07, 6.45) is 2.40. The molecule has 2 heteroatoms. The SMILES string of the molecule is CCCC(C)Nc1cc(OC)ccc1C. The maximum absolute atomic E-state index is 5.21. The minimum Gasteiger partial charge on any atom is -0.497 e. The van der Waals surface area contributed by atoms with Gasteiger partial charge in [0.15, 0.2) is 0 Å². The van der Waals surface area contributed by atoms with Crippen LogP contribution in [0.3, 0.4) is 0 Å². The highest BCUT2D eigenvalue weighted by molar-refractivity contribution is 5.55. The zero-order chi connectivity index (χ0) is 11.3. The Morgan fingerprint density at radius 2 is 2.13 bits per heavy atom. The Balaban J connectivity index is 2.74. The maximum Gasteiger partial charge on any atom is 0.120 e. The summed E-state index contributed by atoms with van der Waals surface area (Å²) in [4.78, 5) is 0. The largest absolute Gasteiger partial charge is 0.497 e. The Labute approximate surface area is 92.6 Å². The first-order valence-electron chi connectivity index (χ1n) is 5.58. The van der Waals surface area contributed by atoms with Gasteiger partial charge in [-0.3, -0.25) is 0 Å². The minimum atomic E-state index is 0.515. The van der Waals surface area contributed by atoms with Crippen LogP contribution in [0.25, 0.3) is 0 Å². The normalized spacial score (nSPS) is 12.3. The molecule has 0 amide bonds. The number of anilines is 1. The first-order valence-corrected chi connectivity index (χ1v) is 5.58. The van der Waals surface area contributed by atoms with Crippen molar-refractivity contribution in [2.24, 2.45) is 0 Å². The Morgan fingerprint density at radius 1 is 1.40 bits per heavy atom. The molecule has 0 aliphatic heterocycles. The van der Waals surface area contributed by atoms with Crippen LogP contribution in [0.1, 0.15) is 32.3 Å². The Kier molecular flexibility index (Phi) is 4.47. The van der Waals surface area contributed by atoms with Crippen molar-refractivity contribution in [2.45, 2.75) is 39.7 Å². The highest BCUT2D eigenvalue weighted by Gasteiger charge is 2.04. The smallest absolute Gasteiger partial charge is 0.120 e. The van der Waals surface area contributed by atoms with E-state index in [-0.39, 0.29) is 0 Å². The van der Waals surface area contributed by atoms with Crippen LogP contribution in [0.4, 0.5) is 5.69 Å². The van der Waals surface area contributed by atoms with Crippen molar-refractivity contribution in [3.05, 3.63) is 23.8 Å². The number of rotatable bonds is 5. The average Bonchev–Trinajstić information content (AvgIpc) is 2.21. The van der Waals surface area contributed by atoms with Crippen molar-refractivity contribution in [1.82, 2.24) is 0 Å². The van der Waals surface area contributed by atoms with E-state index in [0.29, 0.717) is 6.04 Å². The second-order valence-electron chi connectivity index (χ2n) is 4.01. The predicted molar refractivity (Wildman–Crippen MR) is 65.7 cm³/mol. The summed E-state index contributed by atoms with van der Waals surface area (Å²) in [5, 5.41) is 3.51. The monoisotopic (exact) mass is 207 g/mol. The number of benzene rings is 1. The van der Waals surface area contributed by atoms with Gasteiger partial charge in [-0.25, -0.2) is 0 Å². The van der Waals surface area contributed by atoms with Crippen molar-refractivity contribution < 1.29 is 4.74 Å². The fraction of sp³-hybridized carbons (Fsp3) is 0.538. The molecule has 1 unspecified atom stereocenters. The molecule has 0 saturated carbocycles. The molecule has 0 spiro atoms. The van der Waals surface area contributed by atoms with Gasteiger partial charge >= 0.3 is 0 Å². The summed E-state index contributed by atoms with van der Waals surface area (Å²) in [7, 11) is 1.70. The van der Waals surface area contributed by atoms with Crippen molar-refractivity contribution in [3.63, 3.8) is 0 Å². The predicted octanol–water partition coefficient (Wildman–Crippen LogP) is 3.60. The molecule has 0 fully saturated rings. The molecule has 0 saturated heterocycles. The molecule has 0 aliphatic rings. The van der Waals surface area contributed by atoms with Gasteiger partial charge in [0.2, 0.25) is 0 Å².